The number of carbonyl (C=O) groups excluding carboxylic acids is 2. The molecule has 1 saturated heterocycles. The molecule has 2 rings (SSSR count). The van der Waals surface area contributed by atoms with Crippen LogP contribution >= 0.6 is 0 Å². The van der Waals surface area contributed by atoms with Gasteiger partial charge in [0.25, 0.3) is 0 Å². The summed E-state index contributed by atoms with van der Waals surface area (Å²) in [5.41, 5.74) is 5.42. The Balaban J connectivity index is 2.17. The van der Waals surface area contributed by atoms with Gasteiger partial charge in [-0.3, -0.25) is 9.59 Å². The normalized spacial score (nSPS) is 36.8. The number of rotatable bonds is 1. The SMILES string of the molecule is CC1CC(C)C(C(=O)N2CCN(C)C(=O)C2(C)C)CC1N. The van der Waals surface area contributed by atoms with Crippen LogP contribution in [0.2, 0.25) is 0 Å². The van der Waals surface area contributed by atoms with Crippen molar-refractivity contribution in [3.05, 3.63) is 0 Å². The topological polar surface area (TPSA) is 66.6 Å². The molecule has 2 aliphatic rings. The van der Waals surface area contributed by atoms with E-state index in [1.54, 1.807) is 16.8 Å². The summed E-state index contributed by atoms with van der Waals surface area (Å²) in [6.07, 6.45) is 1.72. The minimum absolute atomic E-state index is 0.0169. The zero-order chi connectivity index (χ0) is 15.9. The minimum Gasteiger partial charge on any atom is -0.342 e. The number of hydrogen-bond donors (Lipinski definition) is 1. The molecule has 4 unspecified atom stereocenters. The monoisotopic (exact) mass is 295 g/mol. The van der Waals surface area contributed by atoms with Gasteiger partial charge >= 0.3 is 0 Å². The molecule has 1 heterocycles. The summed E-state index contributed by atoms with van der Waals surface area (Å²) in [5, 5.41) is 0. The zero-order valence-electron chi connectivity index (χ0n) is 13.9. The standard InChI is InChI=1S/C16H29N3O2/c1-10-8-11(2)13(17)9-12(10)14(20)19-7-6-18(5)15(21)16(19,3)4/h10-13H,6-9,17H2,1-5H3. The summed E-state index contributed by atoms with van der Waals surface area (Å²) in [4.78, 5) is 28.8. The molecule has 21 heavy (non-hydrogen) atoms. The first-order valence-corrected chi connectivity index (χ1v) is 7.99. The molecule has 5 heteroatoms. The Morgan fingerprint density at radius 2 is 1.81 bits per heavy atom. The number of nitrogens with two attached hydrogens (primary N) is 1. The van der Waals surface area contributed by atoms with E-state index >= 15 is 0 Å². The molecule has 0 bridgehead atoms. The lowest BCUT2D eigenvalue weighted by Gasteiger charge is -2.47. The van der Waals surface area contributed by atoms with Crippen molar-refractivity contribution in [2.75, 3.05) is 20.1 Å². The molecule has 1 saturated carbocycles. The van der Waals surface area contributed by atoms with Gasteiger partial charge in [0, 0.05) is 32.1 Å². The fourth-order valence-electron chi connectivity index (χ4n) is 3.83. The average Bonchev–Trinajstić information content (AvgIpc) is 2.40. The first-order valence-electron chi connectivity index (χ1n) is 7.99. The molecule has 2 amide bonds. The van der Waals surface area contributed by atoms with Gasteiger partial charge in [0.15, 0.2) is 0 Å². The van der Waals surface area contributed by atoms with Crippen molar-refractivity contribution in [3.8, 4) is 0 Å². The highest BCUT2D eigenvalue weighted by Gasteiger charge is 2.46. The van der Waals surface area contributed by atoms with Crippen molar-refractivity contribution in [2.45, 2.75) is 52.1 Å². The molecule has 2 fully saturated rings. The van der Waals surface area contributed by atoms with Crippen LogP contribution in [0.1, 0.15) is 40.5 Å². The maximum atomic E-state index is 13.0. The molecule has 120 valence electrons. The molecule has 1 aliphatic carbocycles. The highest BCUT2D eigenvalue weighted by molar-refractivity contribution is 5.92. The van der Waals surface area contributed by atoms with Crippen LogP contribution in [0.3, 0.4) is 0 Å². The van der Waals surface area contributed by atoms with Crippen molar-refractivity contribution in [2.24, 2.45) is 23.5 Å². The van der Waals surface area contributed by atoms with E-state index in [2.05, 4.69) is 13.8 Å². The lowest BCUT2D eigenvalue weighted by atomic mass is 9.72. The number of hydrogen-bond acceptors (Lipinski definition) is 3. The Hall–Kier alpha value is -1.10. The van der Waals surface area contributed by atoms with Crippen LogP contribution in [-0.4, -0.2) is 53.3 Å². The smallest absolute Gasteiger partial charge is 0.247 e. The molecule has 0 aromatic rings. The first kappa shape index (κ1) is 16.3. The highest BCUT2D eigenvalue weighted by Crippen LogP contribution is 2.36. The first-order chi connectivity index (χ1) is 9.66. The number of nitrogens with zero attached hydrogens (tertiary/aromatic N) is 2. The van der Waals surface area contributed by atoms with Gasteiger partial charge in [-0.25, -0.2) is 0 Å². The van der Waals surface area contributed by atoms with E-state index in [-0.39, 0.29) is 23.8 Å². The van der Waals surface area contributed by atoms with Crippen molar-refractivity contribution in [1.82, 2.24) is 9.80 Å². The summed E-state index contributed by atoms with van der Waals surface area (Å²) < 4.78 is 0. The number of piperazine rings is 1. The predicted molar refractivity (Wildman–Crippen MR) is 82.5 cm³/mol. The van der Waals surface area contributed by atoms with E-state index in [1.807, 2.05) is 13.8 Å². The van der Waals surface area contributed by atoms with Crippen LogP contribution < -0.4 is 5.73 Å². The number of likely N-dealkylation sites (N-methyl/N-ethyl adjacent to an activating group) is 1. The van der Waals surface area contributed by atoms with Crippen molar-refractivity contribution in [1.29, 1.82) is 0 Å². The fourth-order valence-corrected chi connectivity index (χ4v) is 3.83. The van der Waals surface area contributed by atoms with Crippen molar-refractivity contribution in [3.63, 3.8) is 0 Å². The van der Waals surface area contributed by atoms with Gasteiger partial charge in [-0.05, 0) is 38.5 Å². The fraction of sp³-hybridized carbons (Fsp3) is 0.875. The zero-order valence-corrected chi connectivity index (χ0v) is 13.9. The summed E-state index contributed by atoms with van der Waals surface area (Å²) in [6, 6.07) is 0.0847. The minimum atomic E-state index is -0.753. The maximum Gasteiger partial charge on any atom is 0.247 e. The van der Waals surface area contributed by atoms with Crippen LogP contribution in [-0.2, 0) is 9.59 Å². The quantitative estimate of drug-likeness (QED) is 0.787. The molecule has 0 aromatic carbocycles. The second kappa shape index (κ2) is 5.59. The molecule has 0 spiro atoms. The third kappa shape index (κ3) is 2.80. The van der Waals surface area contributed by atoms with Crippen molar-refractivity contribution < 1.29 is 9.59 Å². The van der Waals surface area contributed by atoms with E-state index in [1.165, 1.54) is 0 Å². The Morgan fingerprint density at radius 3 is 2.43 bits per heavy atom. The molecule has 4 atom stereocenters. The number of amides is 2. The summed E-state index contributed by atoms with van der Waals surface area (Å²) in [5.74, 6) is 0.871. The third-order valence-electron chi connectivity index (χ3n) is 5.47. The summed E-state index contributed by atoms with van der Waals surface area (Å²) >= 11 is 0. The van der Waals surface area contributed by atoms with Gasteiger partial charge in [0.1, 0.15) is 5.54 Å². The third-order valence-corrected chi connectivity index (χ3v) is 5.47. The molecule has 0 radical (unpaired) electrons. The van der Waals surface area contributed by atoms with E-state index in [0.29, 0.717) is 24.9 Å². The molecule has 1 aliphatic heterocycles. The Kier molecular flexibility index (Phi) is 4.34. The van der Waals surface area contributed by atoms with Gasteiger partial charge in [0.2, 0.25) is 11.8 Å². The summed E-state index contributed by atoms with van der Waals surface area (Å²) in [6.45, 7) is 9.21. The Bertz CT molecular complexity index is 435. The second-order valence-electron chi connectivity index (χ2n) is 7.47. The Labute approximate surface area is 127 Å². The van der Waals surface area contributed by atoms with E-state index in [4.69, 9.17) is 5.73 Å². The van der Waals surface area contributed by atoms with Gasteiger partial charge in [0.05, 0.1) is 0 Å². The van der Waals surface area contributed by atoms with E-state index in [9.17, 15) is 9.59 Å². The maximum absolute atomic E-state index is 13.0. The molecule has 2 N–H and O–H groups in total. The lowest BCUT2D eigenvalue weighted by Crippen LogP contribution is -2.65. The average molecular weight is 295 g/mol. The van der Waals surface area contributed by atoms with Gasteiger partial charge < -0.3 is 15.5 Å². The van der Waals surface area contributed by atoms with Crippen molar-refractivity contribution >= 4 is 11.8 Å². The summed E-state index contributed by atoms with van der Waals surface area (Å²) in [7, 11) is 1.80. The Morgan fingerprint density at radius 1 is 1.19 bits per heavy atom. The molecule has 0 aromatic heterocycles. The van der Waals surface area contributed by atoms with E-state index < -0.39 is 5.54 Å². The van der Waals surface area contributed by atoms with Crippen LogP contribution in [0.5, 0.6) is 0 Å². The predicted octanol–water partition coefficient (Wildman–Crippen LogP) is 1.08. The number of carbonyl (C=O) groups is 2. The molecular formula is C16H29N3O2. The van der Waals surface area contributed by atoms with Gasteiger partial charge in [-0.2, -0.15) is 0 Å². The van der Waals surface area contributed by atoms with Crippen LogP contribution in [0.4, 0.5) is 0 Å². The van der Waals surface area contributed by atoms with E-state index in [0.717, 1.165) is 12.8 Å². The van der Waals surface area contributed by atoms with Gasteiger partial charge in [-0.1, -0.05) is 13.8 Å². The second-order valence-corrected chi connectivity index (χ2v) is 7.47. The molecular weight excluding hydrogens is 266 g/mol. The van der Waals surface area contributed by atoms with Crippen LogP contribution in [0, 0.1) is 17.8 Å². The molecule has 5 nitrogen and oxygen atoms in total. The lowest BCUT2D eigenvalue weighted by molar-refractivity contribution is -0.161. The highest BCUT2D eigenvalue weighted by atomic mass is 16.2. The van der Waals surface area contributed by atoms with Crippen LogP contribution in [0.15, 0.2) is 0 Å². The van der Waals surface area contributed by atoms with Gasteiger partial charge in [-0.15, -0.1) is 0 Å². The van der Waals surface area contributed by atoms with Crippen LogP contribution in [0.25, 0.3) is 0 Å². The largest absolute Gasteiger partial charge is 0.342 e.